The maximum absolute atomic E-state index is 11.4. The zero-order chi connectivity index (χ0) is 9.03. The van der Waals surface area contributed by atoms with Crippen LogP contribution in [0.2, 0.25) is 0 Å². The second-order valence-electron chi connectivity index (χ2n) is 3.16. The third-order valence-corrected chi connectivity index (χ3v) is 4.09. The Bertz CT molecular complexity index is 220. The van der Waals surface area contributed by atoms with Crippen molar-refractivity contribution in [2.24, 2.45) is 0 Å². The molecule has 3 nitrogen and oxygen atoms in total. The van der Waals surface area contributed by atoms with Gasteiger partial charge in [0.25, 0.3) is 10.1 Å². The predicted octanol–water partition coefficient (Wildman–Crippen LogP) is 1.30. The summed E-state index contributed by atoms with van der Waals surface area (Å²) in [4.78, 5) is 0. The van der Waals surface area contributed by atoms with Crippen LogP contribution in [-0.4, -0.2) is 49.8 Å². The van der Waals surface area contributed by atoms with Gasteiger partial charge in [0.1, 0.15) is 0 Å². The minimum atomic E-state index is -3.23. The third kappa shape index (κ3) is 4.30. The van der Waals surface area contributed by atoms with Crippen molar-refractivity contribution < 1.29 is 12.6 Å². The van der Waals surface area contributed by atoms with Gasteiger partial charge in [-0.1, -0.05) is 19.3 Å². The summed E-state index contributed by atoms with van der Waals surface area (Å²) in [6, 6.07) is 0. The first kappa shape index (κ1) is 13.9. The molecule has 0 heterocycles. The molecule has 5 heteroatoms. The van der Waals surface area contributed by atoms with E-state index in [9.17, 15) is 8.42 Å². The van der Waals surface area contributed by atoms with Gasteiger partial charge in [-0.25, -0.2) is 0 Å². The Morgan fingerprint density at radius 2 is 1.77 bits per heavy atom. The van der Waals surface area contributed by atoms with E-state index in [4.69, 9.17) is 4.18 Å². The molecule has 0 aromatic rings. The Hall–Kier alpha value is 0.910. The van der Waals surface area contributed by atoms with E-state index in [2.05, 4.69) is 0 Å². The van der Waals surface area contributed by atoms with Gasteiger partial charge in [0.2, 0.25) is 0 Å². The van der Waals surface area contributed by atoms with Gasteiger partial charge in [-0.2, -0.15) is 8.42 Å². The molecule has 0 amide bonds. The van der Waals surface area contributed by atoms with Crippen LogP contribution in [0.25, 0.3) is 0 Å². The van der Waals surface area contributed by atoms with E-state index in [0.29, 0.717) is 0 Å². The molecule has 0 bridgehead atoms. The molecule has 1 saturated carbocycles. The summed E-state index contributed by atoms with van der Waals surface area (Å²) in [5.74, 6) is 0. The Labute approximate surface area is 103 Å². The number of hydrogen-bond donors (Lipinski definition) is 0. The number of hydrogen-bond acceptors (Lipinski definition) is 3. The molecule has 0 unspecified atom stereocenters. The summed E-state index contributed by atoms with van der Waals surface area (Å²) in [7, 11) is -3.23. The van der Waals surface area contributed by atoms with Crippen molar-refractivity contribution in [3.63, 3.8) is 0 Å². The van der Waals surface area contributed by atoms with Gasteiger partial charge in [0.05, 0.1) is 11.9 Å². The quantitative estimate of drug-likeness (QED) is 0.526. The van der Waals surface area contributed by atoms with E-state index in [1.807, 2.05) is 0 Å². The third-order valence-electron chi connectivity index (χ3n) is 2.24. The average Bonchev–Trinajstić information content (AvgIpc) is 2.06. The molecule has 0 saturated heterocycles. The van der Waals surface area contributed by atoms with Gasteiger partial charge in [-0.15, -0.1) is 0 Å². The van der Waals surface area contributed by atoms with Crippen LogP contribution in [0.15, 0.2) is 0 Å². The standard InChI is InChI=1S/C8H16O3S.Na/c1-2-11-12(9,10)8-6-4-3-5-7-8;/h8H,2-7H2,1H3;. The van der Waals surface area contributed by atoms with Gasteiger partial charge >= 0.3 is 0 Å². The smallest absolute Gasteiger partial charge is 0.270 e. The Morgan fingerprint density at radius 3 is 2.23 bits per heavy atom. The SMILES string of the molecule is CCOS(=O)(=O)C1CCCCC1.[Na]. The molecule has 0 aromatic heterocycles. The maximum Gasteiger partial charge on any atom is 0.270 e. The second-order valence-corrected chi connectivity index (χ2v) is 5.05. The fourth-order valence-corrected chi connectivity index (χ4v) is 3.05. The average molecular weight is 215 g/mol. The molecule has 1 aliphatic rings. The van der Waals surface area contributed by atoms with Gasteiger partial charge < -0.3 is 0 Å². The van der Waals surface area contributed by atoms with Gasteiger partial charge in [-0.3, -0.25) is 4.18 Å². The van der Waals surface area contributed by atoms with E-state index < -0.39 is 10.1 Å². The first-order chi connectivity index (χ1) is 5.67. The Kier molecular flexibility index (Phi) is 6.85. The van der Waals surface area contributed by atoms with Gasteiger partial charge in [0.15, 0.2) is 0 Å². The van der Waals surface area contributed by atoms with E-state index >= 15 is 0 Å². The minimum Gasteiger partial charge on any atom is -0.270 e. The summed E-state index contributed by atoms with van der Waals surface area (Å²) in [6.45, 7) is 1.97. The Balaban J connectivity index is 0.00000144. The van der Waals surface area contributed by atoms with Crippen LogP contribution in [0.3, 0.4) is 0 Å². The zero-order valence-corrected chi connectivity index (χ0v) is 11.3. The minimum absolute atomic E-state index is 0. The van der Waals surface area contributed by atoms with Crippen molar-refractivity contribution in [2.45, 2.75) is 44.3 Å². The normalized spacial score (nSPS) is 19.5. The molecular formula is C8H16NaO3S. The molecule has 0 spiro atoms. The molecule has 0 aliphatic heterocycles. The molecular weight excluding hydrogens is 199 g/mol. The van der Waals surface area contributed by atoms with Crippen molar-refractivity contribution in [1.82, 2.24) is 0 Å². The molecule has 0 N–H and O–H groups in total. The molecule has 1 rings (SSSR count). The maximum atomic E-state index is 11.4. The zero-order valence-electron chi connectivity index (χ0n) is 8.45. The van der Waals surface area contributed by atoms with E-state index in [1.54, 1.807) is 6.92 Å². The van der Waals surface area contributed by atoms with Crippen LogP contribution in [0.1, 0.15) is 39.0 Å². The van der Waals surface area contributed by atoms with E-state index in [0.717, 1.165) is 32.1 Å². The summed E-state index contributed by atoms with van der Waals surface area (Å²) < 4.78 is 27.5. The topological polar surface area (TPSA) is 43.4 Å². The summed E-state index contributed by atoms with van der Waals surface area (Å²) in [5, 5.41) is -0.230. The van der Waals surface area contributed by atoms with Crippen LogP contribution >= 0.6 is 0 Å². The van der Waals surface area contributed by atoms with Crippen molar-refractivity contribution in [2.75, 3.05) is 6.61 Å². The van der Waals surface area contributed by atoms with Crippen LogP contribution in [0, 0.1) is 0 Å². The summed E-state index contributed by atoms with van der Waals surface area (Å²) in [6.07, 6.45) is 4.77. The first-order valence-corrected chi connectivity index (χ1v) is 6.02. The molecule has 1 aliphatic carbocycles. The Morgan fingerprint density at radius 1 is 1.23 bits per heavy atom. The van der Waals surface area contributed by atoms with Crippen LogP contribution in [-0.2, 0) is 14.3 Å². The fourth-order valence-electron chi connectivity index (χ4n) is 1.61. The largest absolute Gasteiger partial charge is 0.270 e. The van der Waals surface area contributed by atoms with Crippen LogP contribution < -0.4 is 0 Å². The molecule has 13 heavy (non-hydrogen) atoms. The molecule has 1 fully saturated rings. The first-order valence-electron chi connectivity index (χ1n) is 4.55. The van der Waals surface area contributed by atoms with E-state index in [1.165, 1.54) is 0 Å². The second kappa shape index (κ2) is 6.40. The van der Waals surface area contributed by atoms with Crippen LogP contribution in [0.4, 0.5) is 0 Å². The monoisotopic (exact) mass is 215 g/mol. The fraction of sp³-hybridized carbons (Fsp3) is 1.00. The van der Waals surface area contributed by atoms with E-state index in [-0.39, 0.29) is 41.4 Å². The summed E-state index contributed by atoms with van der Waals surface area (Å²) >= 11 is 0. The molecule has 0 atom stereocenters. The van der Waals surface area contributed by atoms with Crippen molar-refractivity contribution in [3.8, 4) is 0 Å². The summed E-state index contributed by atoms with van der Waals surface area (Å²) in [5.41, 5.74) is 0. The number of rotatable bonds is 3. The molecule has 1 radical (unpaired) electrons. The van der Waals surface area contributed by atoms with Gasteiger partial charge in [0, 0.05) is 29.6 Å². The van der Waals surface area contributed by atoms with Gasteiger partial charge in [-0.05, 0) is 19.8 Å². The molecule has 0 aromatic carbocycles. The van der Waals surface area contributed by atoms with Crippen molar-refractivity contribution in [3.05, 3.63) is 0 Å². The van der Waals surface area contributed by atoms with Crippen molar-refractivity contribution in [1.29, 1.82) is 0 Å². The molecule has 73 valence electrons. The predicted molar refractivity (Wildman–Crippen MR) is 53.2 cm³/mol. The van der Waals surface area contributed by atoms with Crippen molar-refractivity contribution >= 4 is 39.7 Å². The van der Waals surface area contributed by atoms with Crippen LogP contribution in [0.5, 0.6) is 0 Å².